The first-order valence-corrected chi connectivity index (χ1v) is 8.36. The van der Waals surface area contributed by atoms with Crippen LogP contribution in [-0.4, -0.2) is 21.9 Å². The predicted molar refractivity (Wildman–Crippen MR) is 95.5 cm³/mol. The van der Waals surface area contributed by atoms with Gasteiger partial charge in [-0.25, -0.2) is 0 Å². The number of carbonyl (C=O) groups is 1. The minimum absolute atomic E-state index is 0.0374. The Labute approximate surface area is 145 Å². The third-order valence-corrected chi connectivity index (χ3v) is 5.03. The molecule has 4 rings (SSSR count). The van der Waals surface area contributed by atoms with Crippen molar-refractivity contribution in [3.05, 3.63) is 81.5 Å². The van der Waals surface area contributed by atoms with Crippen molar-refractivity contribution >= 4 is 16.8 Å². The molecule has 0 saturated heterocycles. The smallest absolute Gasteiger partial charge is 0.235 e. The van der Waals surface area contributed by atoms with Crippen LogP contribution < -0.4 is 0 Å². The van der Waals surface area contributed by atoms with E-state index < -0.39 is 11.8 Å². The molecule has 1 aliphatic rings. The summed E-state index contributed by atoms with van der Waals surface area (Å²) < 4.78 is 1.69. The van der Waals surface area contributed by atoms with Crippen molar-refractivity contribution in [1.29, 1.82) is 0 Å². The Morgan fingerprint density at radius 3 is 2.56 bits per heavy atom. The first-order chi connectivity index (χ1) is 12.0. The molecule has 2 atom stereocenters. The molecule has 0 N–H and O–H groups in total. The number of aryl methyl sites for hydroxylation is 1. The van der Waals surface area contributed by atoms with Crippen LogP contribution in [0.3, 0.4) is 0 Å². The first-order valence-electron chi connectivity index (χ1n) is 8.36. The van der Waals surface area contributed by atoms with Gasteiger partial charge in [-0.1, -0.05) is 42.0 Å². The normalized spacial score (nSPS) is 19.3. The summed E-state index contributed by atoms with van der Waals surface area (Å²) in [6, 6.07) is 17.6. The highest BCUT2D eigenvalue weighted by molar-refractivity contribution is 5.98. The molecule has 0 aliphatic carbocycles. The maximum Gasteiger partial charge on any atom is 0.235 e. The molecule has 5 heteroatoms. The number of hydrogen-bond acceptors (Lipinski definition) is 3. The summed E-state index contributed by atoms with van der Waals surface area (Å²) in [4.78, 5) is 24.0. The Kier molecular flexibility index (Phi) is 3.64. The quantitative estimate of drug-likeness (QED) is 0.538. The van der Waals surface area contributed by atoms with Gasteiger partial charge in [0.25, 0.3) is 0 Å². The maximum absolute atomic E-state index is 13.1. The molecule has 0 bridgehead atoms. The summed E-state index contributed by atoms with van der Waals surface area (Å²) in [6.07, 6.45) is 0.521. The number of hydrogen-bond donors (Lipinski definition) is 0. The molecule has 0 radical (unpaired) electrons. The molecule has 0 spiro atoms. The van der Waals surface area contributed by atoms with Gasteiger partial charge in [-0.3, -0.25) is 19.5 Å². The fraction of sp³-hybridized carbons (Fsp3) is 0.250. The van der Waals surface area contributed by atoms with Crippen LogP contribution in [0.1, 0.15) is 27.5 Å². The van der Waals surface area contributed by atoms with E-state index >= 15 is 0 Å². The van der Waals surface area contributed by atoms with Crippen LogP contribution in [0.5, 0.6) is 0 Å². The van der Waals surface area contributed by atoms with E-state index in [1.54, 1.807) is 4.57 Å². The van der Waals surface area contributed by atoms with E-state index in [9.17, 15) is 14.9 Å². The lowest BCUT2D eigenvalue weighted by Gasteiger charge is -2.14. The molecule has 0 saturated carbocycles. The molecule has 3 aromatic rings. The molecule has 126 valence electrons. The second-order valence-corrected chi connectivity index (χ2v) is 6.72. The fourth-order valence-electron chi connectivity index (χ4n) is 3.90. The highest BCUT2D eigenvalue weighted by atomic mass is 16.6. The van der Waals surface area contributed by atoms with E-state index in [1.165, 1.54) is 0 Å². The zero-order chi connectivity index (χ0) is 17.6. The summed E-state index contributed by atoms with van der Waals surface area (Å²) in [5, 5.41) is 12.2. The van der Waals surface area contributed by atoms with Gasteiger partial charge in [0.1, 0.15) is 0 Å². The largest absolute Gasteiger partial charge is 0.283 e. The van der Waals surface area contributed by atoms with E-state index in [2.05, 4.69) is 0 Å². The molecular weight excluding hydrogens is 316 g/mol. The van der Waals surface area contributed by atoms with Crippen LogP contribution in [0, 0.1) is 23.0 Å². The number of nitro groups is 1. The summed E-state index contributed by atoms with van der Waals surface area (Å²) in [5.74, 6) is -0.825. The highest BCUT2D eigenvalue weighted by Gasteiger charge is 2.43. The lowest BCUT2D eigenvalue weighted by molar-refractivity contribution is -0.484. The lowest BCUT2D eigenvalue weighted by atomic mass is 9.86. The highest BCUT2D eigenvalue weighted by Crippen LogP contribution is 2.40. The topological polar surface area (TPSA) is 65.1 Å². The molecule has 1 aliphatic heterocycles. The van der Waals surface area contributed by atoms with Crippen LogP contribution >= 0.6 is 0 Å². The summed E-state index contributed by atoms with van der Waals surface area (Å²) in [6.45, 7) is 1.77. The third kappa shape index (κ3) is 2.61. The average molecular weight is 334 g/mol. The van der Waals surface area contributed by atoms with Crippen LogP contribution in [0.4, 0.5) is 0 Å². The zero-order valence-electron chi connectivity index (χ0n) is 13.9. The fourth-order valence-corrected chi connectivity index (χ4v) is 3.90. The molecule has 1 aromatic heterocycles. The van der Waals surface area contributed by atoms with Gasteiger partial charge in [-0.05, 0) is 37.1 Å². The second kappa shape index (κ2) is 5.84. The van der Waals surface area contributed by atoms with E-state index in [4.69, 9.17) is 0 Å². The molecule has 0 amide bonds. The number of carbonyl (C=O) groups excluding carboxylic acids is 1. The monoisotopic (exact) mass is 334 g/mol. The minimum Gasteiger partial charge on any atom is -0.283 e. The van der Waals surface area contributed by atoms with Crippen molar-refractivity contribution in [2.45, 2.75) is 19.3 Å². The Morgan fingerprint density at radius 1 is 1.08 bits per heavy atom. The molecule has 25 heavy (non-hydrogen) atoms. The number of rotatable bonds is 4. The number of nitrogens with zero attached hydrogens (tertiary/aromatic N) is 2. The van der Waals surface area contributed by atoms with E-state index in [1.807, 2.05) is 61.5 Å². The molecule has 2 aromatic carbocycles. The maximum atomic E-state index is 13.1. The van der Waals surface area contributed by atoms with Gasteiger partial charge in [0.2, 0.25) is 12.5 Å². The SMILES string of the molecule is Cc1ccc2c(c1)cc1n2C(=O)[C@@H](Cc2ccccc2)[C@H]1C[N+](=O)[O-]. The Bertz CT molecular complexity index is 975. The summed E-state index contributed by atoms with van der Waals surface area (Å²) >= 11 is 0. The minimum atomic E-state index is -0.395. The Balaban J connectivity index is 1.80. The van der Waals surface area contributed by atoms with Gasteiger partial charge < -0.3 is 0 Å². The molecule has 0 fully saturated rings. The second-order valence-electron chi connectivity index (χ2n) is 6.72. The standard InChI is InChI=1S/C20H18N2O3/c1-13-7-8-18-15(9-13)11-19-17(12-21(24)25)16(20(23)22(18)19)10-14-5-3-2-4-6-14/h2-9,11,16-17H,10,12H2,1H3/t16-,17+/m0/s1. The predicted octanol–water partition coefficient (Wildman–Crippen LogP) is 3.82. The van der Waals surface area contributed by atoms with Crippen molar-refractivity contribution in [3.8, 4) is 0 Å². The Hall–Kier alpha value is -2.95. The molecule has 0 unspecified atom stereocenters. The van der Waals surface area contributed by atoms with E-state index in [0.29, 0.717) is 6.42 Å². The van der Waals surface area contributed by atoms with E-state index in [0.717, 1.165) is 27.7 Å². The number of fused-ring (bicyclic) bond motifs is 3. The van der Waals surface area contributed by atoms with Gasteiger partial charge in [0.05, 0.1) is 17.4 Å². The number of benzene rings is 2. The zero-order valence-corrected chi connectivity index (χ0v) is 13.9. The number of aromatic nitrogens is 1. The third-order valence-electron chi connectivity index (χ3n) is 5.03. The van der Waals surface area contributed by atoms with Crippen molar-refractivity contribution in [2.75, 3.05) is 6.54 Å². The summed E-state index contributed by atoms with van der Waals surface area (Å²) in [5.41, 5.74) is 3.74. The van der Waals surface area contributed by atoms with Gasteiger partial charge in [0, 0.05) is 16.0 Å². The van der Waals surface area contributed by atoms with Crippen LogP contribution in [0.15, 0.2) is 54.6 Å². The lowest BCUT2D eigenvalue weighted by Crippen LogP contribution is -2.23. The van der Waals surface area contributed by atoms with Gasteiger partial charge in [-0.2, -0.15) is 0 Å². The van der Waals surface area contributed by atoms with E-state index in [-0.39, 0.29) is 17.4 Å². The van der Waals surface area contributed by atoms with Crippen molar-refractivity contribution in [2.24, 2.45) is 5.92 Å². The van der Waals surface area contributed by atoms with Gasteiger partial charge in [-0.15, -0.1) is 0 Å². The average Bonchev–Trinajstić information content (AvgIpc) is 3.06. The molecule has 5 nitrogen and oxygen atoms in total. The Morgan fingerprint density at radius 2 is 1.84 bits per heavy atom. The van der Waals surface area contributed by atoms with Crippen molar-refractivity contribution in [3.63, 3.8) is 0 Å². The molecular formula is C20H18N2O3. The van der Waals surface area contributed by atoms with Crippen LogP contribution in [0.2, 0.25) is 0 Å². The van der Waals surface area contributed by atoms with Crippen LogP contribution in [-0.2, 0) is 6.42 Å². The first kappa shape index (κ1) is 15.6. The molecule has 2 heterocycles. The van der Waals surface area contributed by atoms with Crippen LogP contribution in [0.25, 0.3) is 10.9 Å². The van der Waals surface area contributed by atoms with Gasteiger partial charge >= 0.3 is 0 Å². The van der Waals surface area contributed by atoms with Crippen molar-refractivity contribution in [1.82, 2.24) is 4.57 Å². The van der Waals surface area contributed by atoms with Crippen molar-refractivity contribution < 1.29 is 9.72 Å². The summed E-state index contributed by atoms with van der Waals surface area (Å²) in [7, 11) is 0. The van der Waals surface area contributed by atoms with Gasteiger partial charge in [0.15, 0.2) is 0 Å².